The maximum Gasteiger partial charge on any atom is 0.125 e. The van der Waals surface area contributed by atoms with Gasteiger partial charge < -0.3 is 16.0 Å². The van der Waals surface area contributed by atoms with Crippen LogP contribution in [-0.2, 0) is 0 Å². The van der Waals surface area contributed by atoms with E-state index in [9.17, 15) is 0 Å². The smallest absolute Gasteiger partial charge is 0.125 e. The summed E-state index contributed by atoms with van der Waals surface area (Å²) >= 11 is 0. The number of nitrogens with zero attached hydrogens (tertiary/aromatic N) is 2. The van der Waals surface area contributed by atoms with Crippen molar-refractivity contribution in [2.24, 2.45) is 0 Å². The van der Waals surface area contributed by atoms with Gasteiger partial charge in [-0.3, -0.25) is 0 Å². The van der Waals surface area contributed by atoms with Crippen LogP contribution in [0.1, 0.15) is 0 Å². The Labute approximate surface area is 102 Å². The van der Waals surface area contributed by atoms with Gasteiger partial charge in [0.1, 0.15) is 5.82 Å². The van der Waals surface area contributed by atoms with Crippen molar-refractivity contribution in [2.45, 2.75) is 0 Å². The molecule has 0 atom stereocenters. The van der Waals surface area contributed by atoms with E-state index in [1.165, 1.54) is 5.69 Å². The predicted molar refractivity (Wildman–Crippen MR) is 68.2 cm³/mol. The van der Waals surface area contributed by atoms with Gasteiger partial charge in [-0.2, -0.15) is 0 Å². The average molecular weight is 251 g/mol. The zero-order valence-corrected chi connectivity index (χ0v) is 9.98. The molecular formula is C9H16Cl2N4. The summed E-state index contributed by atoms with van der Waals surface area (Å²) in [6, 6.07) is 3.92. The molecule has 3 N–H and O–H groups in total. The van der Waals surface area contributed by atoms with Gasteiger partial charge in [0.2, 0.25) is 0 Å². The van der Waals surface area contributed by atoms with Crippen molar-refractivity contribution in [2.75, 3.05) is 36.8 Å². The summed E-state index contributed by atoms with van der Waals surface area (Å²) in [5.74, 6) is 0.594. The molecule has 0 aliphatic carbocycles. The molecule has 15 heavy (non-hydrogen) atoms. The van der Waals surface area contributed by atoms with Crippen molar-refractivity contribution in [3.05, 3.63) is 18.3 Å². The quantitative estimate of drug-likeness (QED) is 0.779. The maximum absolute atomic E-state index is 5.61. The number of hydrogen-bond acceptors (Lipinski definition) is 4. The van der Waals surface area contributed by atoms with Crippen LogP contribution in [0.3, 0.4) is 0 Å². The molecule has 1 fully saturated rings. The molecule has 6 heteroatoms. The van der Waals surface area contributed by atoms with Gasteiger partial charge in [-0.15, -0.1) is 24.8 Å². The van der Waals surface area contributed by atoms with Crippen LogP contribution in [0.25, 0.3) is 0 Å². The van der Waals surface area contributed by atoms with Gasteiger partial charge in [0.25, 0.3) is 0 Å². The molecule has 1 saturated heterocycles. The number of nitrogens with one attached hydrogen (secondary N) is 1. The molecule has 0 amide bonds. The first-order valence-corrected chi connectivity index (χ1v) is 4.53. The molecule has 86 valence electrons. The SMILES string of the molecule is Cl.Cl.Nc1cc(N2CCNCC2)ccn1. The van der Waals surface area contributed by atoms with Crippen LogP contribution in [0.4, 0.5) is 11.5 Å². The zero-order valence-electron chi connectivity index (χ0n) is 8.35. The second-order valence-corrected chi connectivity index (χ2v) is 3.18. The molecule has 4 nitrogen and oxygen atoms in total. The zero-order chi connectivity index (χ0) is 9.10. The third-order valence-electron chi connectivity index (χ3n) is 2.25. The molecule has 1 aromatic heterocycles. The highest BCUT2D eigenvalue weighted by atomic mass is 35.5. The number of pyridine rings is 1. The monoisotopic (exact) mass is 250 g/mol. The molecule has 2 rings (SSSR count). The van der Waals surface area contributed by atoms with Crippen molar-refractivity contribution < 1.29 is 0 Å². The Morgan fingerprint density at radius 3 is 2.53 bits per heavy atom. The first-order valence-electron chi connectivity index (χ1n) is 4.53. The van der Waals surface area contributed by atoms with Crippen molar-refractivity contribution in [3.8, 4) is 0 Å². The Morgan fingerprint density at radius 1 is 1.27 bits per heavy atom. The Balaban J connectivity index is 0.000000980. The Hall–Kier alpha value is -0.710. The molecule has 0 aromatic carbocycles. The number of halogens is 2. The standard InChI is InChI=1S/C9H14N4.2ClH/c10-9-7-8(1-2-12-9)13-5-3-11-4-6-13;;/h1-2,7,11H,3-6H2,(H2,10,12);2*1H. The Morgan fingerprint density at radius 2 is 1.93 bits per heavy atom. The first-order chi connectivity index (χ1) is 6.36. The maximum atomic E-state index is 5.61. The minimum atomic E-state index is 0. The lowest BCUT2D eigenvalue weighted by Gasteiger charge is -2.29. The Kier molecular flexibility index (Phi) is 6.40. The molecule has 0 spiro atoms. The van der Waals surface area contributed by atoms with Crippen LogP contribution in [0.2, 0.25) is 0 Å². The number of hydrogen-bond donors (Lipinski definition) is 2. The molecule has 1 aromatic rings. The van der Waals surface area contributed by atoms with Gasteiger partial charge >= 0.3 is 0 Å². The largest absolute Gasteiger partial charge is 0.384 e. The number of rotatable bonds is 1. The molecule has 2 heterocycles. The number of aromatic nitrogens is 1. The fourth-order valence-electron chi connectivity index (χ4n) is 1.56. The lowest BCUT2D eigenvalue weighted by Crippen LogP contribution is -2.43. The van der Waals surface area contributed by atoms with E-state index in [4.69, 9.17) is 5.73 Å². The van der Waals surface area contributed by atoms with E-state index < -0.39 is 0 Å². The van der Waals surface area contributed by atoms with E-state index in [2.05, 4.69) is 15.2 Å². The third-order valence-corrected chi connectivity index (χ3v) is 2.25. The van der Waals surface area contributed by atoms with Crippen molar-refractivity contribution in [1.82, 2.24) is 10.3 Å². The summed E-state index contributed by atoms with van der Waals surface area (Å²) in [4.78, 5) is 6.28. The van der Waals surface area contributed by atoms with Crippen LogP contribution in [0.5, 0.6) is 0 Å². The first kappa shape index (κ1) is 14.3. The number of piperazine rings is 1. The van der Waals surface area contributed by atoms with Crippen LogP contribution in [0, 0.1) is 0 Å². The summed E-state index contributed by atoms with van der Waals surface area (Å²) in [5, 5.41) is 3.31. The van der Waals surface area contributed by atoms with E-state index in [1.807, 2.05) is 12.1 Å². The summed E-state index contributed by atoms with van der Waals surface area (Å²) in [7, 11) is 0. The van der Waals surface area contributed by atoms with E-state index >= 15 is 0 Å². The summed E-state index contributed by atoms with van der Waals surface area (Å²) < 4.78 is 0. The number of nitrogens with two attached hydrogens (primary N) is 1. The third kappa shape index (κ3) is 3.74. The second kappa shape index (κ2) is 6.71. The molecule has 1 aliphatic rings. The van der Waals surface area contributed by atoms with E-state index in [1.54, 1.807) is 6.20 Å². The minimum absolute atomic E-state index is 0. The summed E-state index contributed by atoms with van der Waals surface area (Å²) in [6.45, 7) is 4.18. The highest BCUT2D eigenvalue weighted by molar-refractivity contribution is 5.85. The number of anilines is 2. The van der Waals surface area contributed by atoms with Crippen molar-refractivity contribution >= 4 is 36.3 Å². The number of nitrogen functional groups attached to an aromatic ring is 1. The minimum Gasteiger partial charge on any atom is -0.384 e. The van der Waals surface area contributed by atoms with Crippen LogP contribution < -0.4 is 16.0 Å². The van der Waals surface area contributed by atoms with E-state index in [0.717, 1.165) is 26.2 Å². The van der Waals surface area contributed by atoms with Crippen LogP contribution in [-0.4, -0.2) is 31.2 Å². The molecule has 0 unspecified atom stereocenters. The van der Waals surface area contributed by atoms with Crippen molar-refractivity contribution in [1.29, 1.82) is 0 Å². The predicted octanol–water partition coefficient (Wildman–Crippen LogP) is 0.917. The van der Waals surface area contributed by atoms with Gasteiger partial charge in [-0.25, -0.2) is 4.98 Å². The van der Waals surface area contributed by atoms with Crippen molar-refractivity contribution in [3.63, 3.8) is 0 Å². The average Bonchev–Trinajstić information content (AvgIpc) is 2.19. The molecule has 0 bridgehead atoms. The van der Waals surface area contributed by atoms with Gasteiger partial charge in [-0.1, -0.05) is 0 Å². The topological polar surface area (TPSA) is 54.2 Å². The summed E-state index contributed by atoms with van der Waals surface area (Å²) in [5.41, 5.74) is 6.79. The highest BCUT2D eigenvalue weighted by Gasteiger charge is 2.09. The van der Waals surface area contributed by atoms with Gasteiger partial charge in [0.05, 0.1) is 0 Å². The summed E-state index contributed by atoms with van der Waals surface area (Å²) in [6.07, 6.45) is 1.76. The molecular weight excluding hydrogens is 235 g/mol. The highest BCUT2D eigenvalue weighted by Crippen LogP contribution is 2.15. The van der Waals surface area contributed by atoms with E-state index in [0.29, 0.717) is 5.82 Å². The fraction of sp³-hybridized carbons (Fsp3) is 0.444. The van der Waals surface area contributed by atoms with Gasteiger partial charge in [0.15, 0.2) is 0 Å². The Bertz CT molecular complexity index is 289. The van der Waals surface area contributed by atoms with Crippen LogP contribution >= 0.6 is 24.8 Å². The van der Waals surface area contributed by atoms with Crippen LogP contribution in [0.15, 0.2) is 18.3 Å². The lowest BCUT2D eigenvalue weighted by atomic mass is 10.3. The molecule has 0 saturated carbocycles. The van der Waals surface area contributed by atoms with Gasteiger partial charge in [0, 0.05) is 44.1 Å². The molecule has 1 aliphatic heterocycles. The fourth-order valence-corrected chi connectivity index (χ4v) is 1.56. The normalized spacial score (nSPS) is 15.1. The lowest BCUT2D eigenvalue weighted by molar-refractivity contribution is 0.589. The van der Waals surface area contributed by atoms with E-state index in [-0.39, 0.29) is 24.8 Å². The second-order valence-electron chi connectivity index (χ2n) is 3.18. The molecule has 0 radical (unpaired) electrons. The van der Waals surface area contributed by atoms with Gasteiger partial charge in [-0.05, 0) is 6.07 Å².